The number of hydrogen-bond donors (Lipinski definition) is 0. The first kappa shape index (κ1) is 22.3. The standard InChI is InChI=1S/C13H9.C5H5.C3H6.2FH.Hf/c1-3-7-12-10(5-1)9-11-6-2-4-8-13(11)12;1-2-4-5-3-1;1-3-2;;;/h1-9H;1-5H;1-2H3;2*1H;/q2*-1;;;;+2/p-2. The second kappa shape index (κ2) is 11.7. The van der Waals surface area contributed by atoms with Crippen molar-refractivity contribution in [2.24, 2.45) is 0 Å². The average molecular weight is 489 g/mol. The topological polar surface area (TPSA) is 0 Å². The zero-order valence-electron chi connectivity index (χ0n) is 13.8. The Kier molecular flexibility index (Phi) is 10.9. The molecule has 0 bridgehead atoms. The predicted molar refractivity (Wildman–Crippen MR) is 95.4 cm³/mol. The van der Waals surface area contributed by atoms with Gasteiger partial charge in [-0.1, -0.05) is 36.4 Å². The Labute approximate surface area is 156 Å². The molecule has 0 nitrogen and oxygen atoms in total. The third-order valence-electron chi connectivity index (χ3n) is 3.08. The van der Waals surface area contributed by atoms with Crippen LogP contribution in [0.1, 0.15) is 13.8 Å². The van der Waals surface area contributed by atoms with Gasteiger partial charge in [-0.15, -0.1) is 39.7 Å². The van der Waals surface area contributed by atoms with E-state index in [2.05, 4.69) is 68.4 Å². The van der Waals surface area contributed by atoms with Crippen LogP contribution in [-0.2, 0) is 23.9 Å². The normalized spacial score (nSPS) is 8.83. The Balaban J connectivity index is 0.000000409. The molecule has 0 radical (unpaired) electrons. The molecule has 24 heavy (non-hydrogen) atoms. The van der Waals surface area contributed by atoms with Crippen LogP contribution in [0, 0.1) is 0 Å². The fourth-order valence-electron chi connectivity index (χ4n) is 2.22. The third kappa shape index (κ3) is 6.79. The van der Waals surface area contributed by atoms with Crippen molar-refractivity contribution in [1.29, 1.82) is 0 Å². The van der Waals surface area contributed by atoms with Crippen molar-refractivity contribution in [2.75, 3.05) is 0 Å². The molecule has 124 valence electrons. The maximum absolute atomic E-state index is 2.24. The summed E-state index contributed by atoms with van der Waals surface area (Å²) in [5.41, 5.74) is 0. The van der Waals surface area contributed by atoms with E-state index in [9.17, 15) is 0 Å². The molecule has 0 aliphatic carbocycles. The molecule has 0 saturated heterocycles. The van der Waals surface area contributed by atoms with Gasteiger partial charge in [0.25, 0.3) is 0 Å². The van der Waals surface area contributed by atoms with Gasteiger partial charge < -0.3 is 9.41 Å². The van der Waals surface area contributed by atoms with Gasteiger partial charge in [0.05, 0.1) is 0 Å². The molecule has 3 heteroatoms. The maximum atomic E-state index is 2.24. The number of rotatable bonds is 0. The quantitative estimate of drug-likeness (QED) is 0.239. The van der Waals surface area contributed by atoms with Crippen LogP contribution in [0.25, 0.3) is 21.5 Å². The van der Waals surface area contributed by atoms with Crippen molar-refractivity contribution in [3.05, 3.63) is 84.9 Å². The molecule has 4 aromatic rings. The molecule has 0 spiro atoms. The van der Waals surface area contributed by atoms with E-state index < -0.39 is 0 Å². The minimum atomic E-state index is 0. The van der Waals surface area contributed by atoms with E-state index in [1.807, 2.05) is 30.3 Å². The fourth-order valence-corrected chi connectivity index (χ4v) is 2.22. The molecule has 0 atom stereocenters. The maximum Gasteiger partial charge on any atom is -0.0771 e. The molecular formula is C21H20F2Hf-2. The molecule has 0 N–H and O–H groups in total. The molecule has 0 aliphatic heterocycles. The summed E-state index contributed by atoms with van der Waals surface area (Å²) in [7, 11) is 0. The second-order valence-electron chi connectivity index (χ2n) is 5.28. The van der Waals surface area contributed by atoms with Gasteiger partial charge >= 0.3 is 41.0 Å². The SMILES string of the molecule is C[C](C)=[Hf+2].[F-].[F-].c1cc[cH-]c1.c1ccc2c(c1)[cH-]c1ccccc12. The van der Waals surface area contributed by atoms with E-state index >= 15 is 0 Å². The summed E-state index contributed by atoms with van der Waals surface area (Å²) in [6, 6.07) is 29.3. The summed E-state index contributed by atoms with van der Waals surface area (Å²) < 4.78 is 1.56. The molecule has 0 amide bonds. The van der Waals surface area contributed by atoms with E-state index in [0.29, 0.717) is 0 Å². The van der Waals surface area contributed by atoms with Crippen LogP contribution in [0.4, 0.5) is 0 Å². The Hall–Kier alpha value is -1.74. The third-order valence-corrected chi connectivity index (χ3v) is 3.08. The summed E-state index contributed by atoms with van der Waals surface area (Å²) in [6.07, 6.45) is 0. The van der Waals surface area contributed by atoms with Gasteiger partial charge in [-0.25, -0.2) is 12.1 Å². The first-order chi connectivity index (χ1) is 10.7. The smallest absolute Gasteiger partial charge is 0.0771 e. The van der Waals surface area contributed by atoms with Crippen LogP contribution < -0.4 is 9.41 Å². The van der Waals surface area contributed by atoms with Crippen LogP contribution >= 0.6 is 0 Å². The van der Waals surface area contributed by atoms with Crippen molar-refractivity contribution < 1.29 is 33.3 Å². The van der Waals surface area contributed by atoms with Crippen molar-refractivity contribution in [2.45, 2.75) is 13.8 Å². The van der Waals surface area contributed by atoms with Gasteiger partial charge in [-0.2, -0.15) is 18.2 Å². The summed E-state index contributed by atoms with van der Waals surface area (Å²) in [4.78, 5) is 0. The molecule has 0 heterocycles. The molecular weight excluding hydrogens is 469 g/mol. The Bertz CT molecular complexity index is 758. The van der Waals surface area contributed by atoms with Crippen molar-refractivity contribution in [3.8, 4) is 0 Å². The molecule has 0 fully saturated rings. The number of fused-ring (bicyclic) bond motifs is 3. The predicted octanol–water partition coefficient (Wildman–Crippen LogP) is -0.129. The Morgan fingerprint density at radius 2 is 1.08 bits per heavy atom. The Morgan fingerprint density at radius 1 is 0.708 bits per heavy atom. The fraction of sp³-hybridized carbons (Fsp3) is 0.0952. The van der Waals surface area contributed by atoms with Crippen LogP contribution in [0.15, 0.2) is 84.9 Å². The number of halogens is 2. The van der Waals surface area contributed by atoms with Gasteiger partial charge in [0.1, 0.15) is 0 Å². The summed E-state index contributed by atoms with van der Waals surface area (Å²) in [6.45, 7) is 4.29. The monoisotopic (exact) mass is 490 g/mol. The molecule has 0 saturated carbocycles. The van der Waals surface area contributed by atoms with Gasteiger partial charge in [0, 0.05) is 0 Å². The zero-order valence-corrected chi connectivity index (χ0v) is 17.4. The minimum Gasteiger partial charge on any atom is -1.00 e. The van der Waals surface area contributed by atoms with Gasteiger partial charge in [0.15, 0.2) is 0 Å². The van der Waals surface area contributed by atoms with Crippen molar-refractivity contribution in [1.82, 2.24) is 0 Å². The first-order valence-electron chi connectivity index (χ1n) is 7.40. The van der Waals surface area contributed by atoms with Gasteiger partial charge in [-0.05, 0) is 0 Å². The second-order valence-corrected chi connectivity index (χ2v) is 8.87. The Morgan fingerprint density at radius 3 is 1.42 bits per heavy atom. The minimum absolute atomic E-state index is 0. The molecule has 4 rings (SSSR count). The largest absolute Gasteiger partial charge is 1.00 e. The van der Waals surface area contributed by atoms with E-state index in [-0.39, 0.29) is 9.41 Å². The van der Waals surface area contributed by atoms with Crippen LogP contribution in [-0.4, -0.2) is 3.26 Å². The number of hydrogen-bond acceptors (Lipinski definition) is 0. The molecule has 4 aromatic carbocycles. The van der Waals surface area contributed by atoms with E-state index in [4.69, 9.17) is 0 Å². The summed E-state index contributed by atoms with van der Waals surface area (Å²) in [5, 5.41) is 5.39. The van der Waals surface area contributed by atoms with E-state index in [1.165, 1.54) is 45.4 Å². The molecule has 0 aliphatic rings. The molecule has 0 aromatic heterocycles. The molecule has 0 unspecified atom stereocenters. The van der Waals surface area contributed by atoms with Gasteiger partial charge in [-0.3, -0.25) is 0 Å². The summed E-state index contributed by atoms with van der Waals surface area (Å²) >= 11 is 1.27. The van der Waals surface area contributed by atoms with Crippen molar-refractivity contribution >= 4 is 24.8 Å². The average Bonchev–Trinajstić information content (AvgIpc) is 3.18. The van der Waals surface area contributed by atoms with E-state index in [1.54, 1.807) is 3.26 Å². The van der Waals surface area contributed by atoms with Crippen LogP contribution in [0.3, 0.4) is 0 Å². The number of benzene rings is 2. The van der Waals surface area contributed by atoms with Gasteiger partial charge in [0.2, 0.25) is 0 Å². The van der Waals surface area contributed by atoms with E-state index in [0.717, 1.165) is 0 Å². The zero-order chi connectivity index (χ0) is 15.8. The summed E-state index contributed by atoms with van der Waals surface area (Å²) in [5.74, 6) is 0. The van der Waals surface area contributed by atoms with Crippen molar-refractivity contribution in [3.63, 3.8) is 0 Å². The van der Waals surface area contributed by atoms with Crippen LogP contribution in [0.5, 0.6) is 0 Å². The first-order valence-corrected chi connectivity index (χ1v) is 9.20. The van der Waals surface area contributed by atoms with Crippen LogP contribution in [0.2, 0.25) is 0 Å².